The van der Waals surface area contributed by atoms with Gasteiger partial charge in [0.1, 0.15) is 0 Å². The molecule has 0 fully saturated rings. The molecular weight excluding hydrogens is 206 g/mol. The molecule has 17 heavy (non-hydrogen) atoms. The van der Waals surface area contributed by atoms with Crippen LogP contribution in [0.3, 0.4) is 0 Å². The molecule has 0 radical (unpaired) electrons. The first-order chi connectivity index (χ1) is 8.40. The van der Waals surface area contributed by atoms with E-state index in [1.54, 1.807) is 0 Å². The van der Waals surface area contributed by atoms with E-state index in [4.69, 9.17) is 0 Å². The van der Waals surface area contributed by atoms with Crippen LogP contribution in [-0.2, 0) is 19.4 Å². The zero-order valence-electron chi connectivity index (χ0n) is 10.4. The molecule has 1 heteroatoms. The van der Waals surface area contributed by atoms with E-state index in [1.165, 1.54) is 48.1 Å². The van der Waals surface area contributed by atoms with Crippen LogP contribution in [0.25, 0.3) is 11.3 Å². The average molecular weight is 225 g/mol. The quantitative estimate of drug-likeness (QED) is 0.742. The Kier molecular flexibility index (Phi) is 2.76. The molecule has 0 saturated heterocycles. The van der Waals surface area contributed by atoms with Gasteiger partial charge in [-0.2, -0.15) is 0 Å². The van der Waals surface area contributed by atoms with Gasteiger partial charge in [0, 0.05) is 18.3 Å². The third-order valence-corrected chi connectivity index (χ3v) is 3.74. The normalized spacial score (nSPS) is 13.2. The average Bonchev–Trinajstić information content (AvgIpc) is 2.80. The largest absolute Gasteiger partial charge is 0.347 e. The Labute approximate surface area is 103 Å². The molecule has 0 spiro atoms. The van der Waals surface area contributed by atoms with Crippen molar-refractivity contribution < 1.29 is 0 Å². The topological polar surface area (TPSA) is 4.93 Å². The van der Waals surface area contributed by atoms with Gasteiger partial charge in [0.25, 0.3) is 0 Å². The first kappa shape index (κ1) is 10.6. The maximum Gasteiger partial charge on any atom is 0.0515 e. The van der Waals surface area contributed by atoms with Crippen LogP contribution in [-0.4, -0.2) is 4.57 Å². The fourth-order valence-corrected chi connectivity index (χ4v) is 2.80. The van der Waals surface area contributed by atoms with Gasteiger partial charge in [-0.25, -0.2) is 0 Å². The third kappa shape index (κ3) is 1.80. The van der Waals surface area contributed by atoms with Crippen LogP contribution in [0, 0.1) is 0 Å². The van der Waals surface area contributed by atoms with Gasteiger partial charge < -0.3 is 4.57 Å². The molecule has 2 aromatic rings. The van der Waals surface area contributed by atoms with Crippen LogP contribution in [0.1, 0.15) is 30.9 Å². The summed E-state index contributed by atoms with van der Waals surface area (Å²) >= 11 is 0. The number of rotatable bonds is 3. The molecule has 0 saturated carbocycles. The minimum absolute atomic E-state index is 1.15. The number of nitrogens with zero attached hydrogens (tertiary/aromatic N) is 1. The second kappa shape index (κ2) is 4.40. The number of fused-ring (bicyclic) bond motifs is 3. The van der Waals surface area contributed by atoms with E-state index in [0.717, 1.165) is 6.54 Å². The molecule has 88 valence electrons. The van der Waals surface area contributed by atoms with Crippen molar-refractivity contribution in [1.29, 1.82) is 0 Å². The lowest BCUT2D eigenvalue weighted by molar-refractivity contribution is 0.637. The van der Waals surface area contributed by atoms with Crippen molar-refractivity contribution in [3.05, 3.63) is 47.7 Å². The maximum absolute atomic E-state index is 2.44. The summed E-state index contributed by atoms with van der Waals surface area (Å²) in [7, 11) is 0. The molecule has 0 amide bonds. The summed E-state index contributed by atoms with van der Waals surface area (Å²) < 4.78 is 2.44. The van der Waals surface area contributed by atoms with Gasteiger partial charge in [-0.3, -0.25) is 0 Å². The zero-order valence-corrected chi connectivity index (χ0v) is 10.4. The summed E-state index contributed by atoms with van der Waals surface area (Å²) in [5.41, 5.74) is 5.96. The van der Waals surface area contributed by atoms with E-state index in [1.807, 2.05) is 0 Å². The Morgan fingerprint density at radius 1 is 1.06 bits per heavy atom. The highest BCUT2D eigenvalue weighted by atomic mass is 15.0. The van der Waals surface area contributed by atoms with Crippen LogP contribution in [0.4, 0.5) is 0 Å². The number of aromatic nitrogens is 1. The van der Waals surface area contributed by atoms with Gasteiger partial charge in [0.05, 0.1) is 5.69 Å². The van der Waals surface area contributed by atoms with Gasteiger partial charge in [-0.15, -0.1) is 0 Å². The lowest BCUT2D eigenvalue weighted by atomic mass is 9.90. The fraction of sp³-hybridized carbons (Fsp3) is 0.375. The Balaban J connectivity index is 2.06. The van der Waals surface area contributed by atoms with Crippen molar-refractivity contribution >= 4 is 0 Å². The SMILES string of the molecule is CCCCn1ccc2c1-c1ccccc1CC2. The van der Waals surface area contributed by atoms with E-state index in [9.17, 15) is 0 Å². The highest BCUT2D eigenvalue weighted by Gasteiger charge is 2.18. The summed E-state index contributed by atoms with van der Waals surface area (Å²) in [4.78, 5) is 0. The molecule has 1 aliphatic rings. The highest BCUT2D eigenvalue weighted by molar-refractivity contribution is 5.70. The smallest absolute Gasteiger partial charge is 0.0515 e. The lowest BCUT2D eigenvalue weighted by Crippen LogP contribution is -2.07. The predicted molar refractivity (Wildman–Crippen MR) is 72.2 cm³/mol. The molecule has 1 aliphatic carbocycles. The number of hydrogen-bond acceptors (Lipinski definition) is 0. The highest BCUT2D eigenvalue weighted by Crippen LogP contribution is 2.34. The van der Waals surface area contributed by atoms with Crippen molar-refractivity contribution in [1.82, 2.24) is 4.57 Å². The van der Waals surface area contributed by atoms with E-state index >= 15 is 0 Å². The van der Waals surface area contributed by atoms with Crippen molar-refractivity contribution in [2.24, 2.45) is 0 Å². The van der Waals surface area contributed by atoms with Crippen LogP contribution >= 0.6 is 0 Å². The minimum Gasteiger partial charge on any atom is -0.347 e. The molecule has 1 aromatic heterocycles. The van der Waals surface area contributed by atoms with Crippen LogP contribution in [0.5, 0.6) is 0 Å². The predicted octanol–water partition coefficient (Wildman–Crippen LogP) is 4.05. The van der Waals surface area contributed by atoms with Crippen LogP contribution < -0.4 is 0 Å². The van der Waals surface area contributed by atoms with Crippen molar-refractivity contribution in [2.75, 3.05) is 0 Å². The Bertz CT molecular complexity index is 522. The standard InChI is InChI=1S/C16H19N/c1-2-3-11-17-12-10-14-9-8-13-6-4-5-7-15(13)16(14)17/h4-7,10,12H,2-3,8-9,11H2,1H3. The molecule has 0 aliphatic heterocycles. The van der Waals surface area contributed by atoms with Crippen molar-refractivity contribution in [3.63, 3.8) is 0 Å². The zero-order chi connectivity index (χ0) is 11.7. The van der Waals surface area contributed by atoms with Gasteiger partial charge in [-0.05, 0) is 36.5 Å². The van der Waals surface area contributed by atoms with E-state index in [-0.39, 0.29) is 0 Å². The van der Waals surface area contributed by atoms with Crippen molar-refractivity contribution in [3.8, 4) is 11.3 Å². The van der Waals surface area contributed by atoms with E-state index < -0.39 is 0 Å². The molecule has 0 atom stereocenters. The lowest BCUT2D eigenvalue weighted by Gasteiger charge is -2.19. The van der Waals surface area contributed by atoms with E-state index in [2.05, 4.69) is 48.0 Å². The monoisotopic (exact) mass is 225 g/mol. The van der Waals surface area contributed by atoms with Crippen LogP contribution in [0.15, 0.2) is 36.5 Å². The number of hydrogen-bond donors (Lipinski definition) is 0. The Morgan fingerprint density at radius 2 is 1.88 bits per heavy atom. The first-order valence-electron chi connectivity index (χ1n) is 6.66. The van der Waals surface area contributed by atoms with Gasteiger partial charge in [0.2, 0.25) is 0 Å². The number of aryl methyl sites for hydroxylation is 3. The summed E-state index contributed by atoms with van der Waals surface area (Å²) in [5, 5.41) is 0. The second-order valence-electron chi connectivity index (χ2n) is 4.89. The molecule has 0 bridgehead atoms. The van der Waals surface area contributed by atoms with Gasteiger partial charge >= 0.3 is 0 Å². The molecule has 0 N–H and O–H groups in total. The molecule has 0 unspecified atom stereocenters. The number of unbranched alkanes of at least 4 members (excludes halogenated alkanes) is 1. The molecule has 1 aromatic carbocycles. The fourth-order valence-electron chi connectivity index (χ4n) is 2.80. The minimum atomic E-state index is 1.15. The number of benzene rings is 1. The molecule has 1 nitrogen and oxygen atoms in total. The van der Waals surface area contributed by atoms with E-state index in [0.29, 0.717) is 0 Å². The van der Waals surface area contributed by atoms with Gasteiger partial charge in [0.15, 0.2) is 0 Å². The summed E-state index contributed by atoms with van der Waals surface area (Å²) in [5.74, 6) is 0. The summed E-state index contributed by atoms with van der Waals surface area (Å²) in [6.07, 6.45) is 7.19. The second-order valence-corrected chi connectivity index (χ2v) is 4.89. The third-order valence-electron chi connectivity index (χ3n) is 3.74. The maximum atomic E-state index is 2.44. The van der Waals surface area contributed by atoms with Gasteiger partial charge in [-0.1, -0.05) is 37.6 Å². The molecular formula is C16H19N. The van der Waals surface area contributed by atoms with Crippen LogP contribution in [0.2, 0.25) is 0 Å². The summed E-state index contributed by atoms with van der Waals surface area (Å²) in [6, 6.07) is 11.2. The molecule has 3 rings (SSSR count). The molecule has 1 heterocycles. The van der Waals surface area contributed by atoms with Crippen molar-refractivity contribution in [2.45, 2.75) is 39.2 Å². The Morgan fingerprint density at radius 3 is 2.76 bits per heavy atom. The summed E-state index contributed by atoms with van der Waals surface area (Å²) in [6.45, 7) is 3.41. The Hall–Kier alpha value is -1.50. The first-order valence-corrected chi connectivity index (χ1v) is 6.66.